The van der Waals surface area contributed by atoms with Crippen molar-refractivity contribution in [3.63, 3.8) is 0 Å². The Bertz CT molecular complexity index is 654. The van der Waals surface area contributed by atoms with Crippen LogP contribution in [0.25, 0.3) is 0 Å². The van der Waals surface area contributed by atoms with Crippen LogP contribution >= 0.6 is 0 Å². The van der Waals surface area contributed by atoms with E-state index < -0.39 is 0 Å². The largest absolute Gasteiger partial charge is 0.496 e. The van der Waals surface area contributed by atoms with Crippen LogP contribution in [0.4, 0.5) is 5.82 Å². The van der Waals surface area contributed by atoms with E-state index in [2.05, 4.69) is 35.5 Å². The molecule has 1 amide bonds. The Hall–Kier alpha value is -2.56. The van der Waals surface area contributed by atoms with Gasteiger partial charge in [0.1, 0.15) is 11.6 Å². The molecule has 0 aliphatic rings. The predicted molar refractivity (Wildman–Crippen MR) is 96.6 cm³/mol. The first kappa shape index (κ1) is 17.8. The van der Waals surface area contributed by atoms with Crippen LogP contribution in [0.1, 0.15) is 29.8 Å². The SMILES string of the molecule is COc1ccccc1CCNc1ccc(C(=O)NCC(C)C)cn1. The number of carbonyl (C=O) groups is 1. The summed E-state index contributed by atoms with van der Waals surface area (Å²) in [5.41, 5.74) is 1.73. The van der Waals surface area contributed by atoms with E-state index in [0.29, 0.717) is 18.0 Å². The number of benzene rings is 1. The molecule has 2 N–H and O–H groups in total. The number of rotatable bonds is 8. The molecule has 128 valence electrons. The third-order valence-electron chi connectivity index (χ3n) is 3.59. The van der Waals surface area contributed by atoms with E-state index in [-0.39, 0.29) is 5.91 Å². The van der Waals surface area contributed by atoms with E-state index in [1.807, 2.05) is 24.3 Å². The number of hydrogen-bond donors (Lipinski definition) is 2. The third-order valence-corrected chi connectivity index (χ3v) is 3.59. The van der Waals surface area contributed by atoms with Crippen molar-refractivity contribution in [2.75, 3.05) is 25.5 Å². The topological polar surface area (TPSA) is 63.2 Å². The molecule has 1 aromatic heterocycles. The number of hydrogen-bond acceptors (Lipinski definition) is 4. The van der Waals surface area contributed by atoms with E-state index >= 15 is 0 Å². The van der Waals surface area contributed by atoms with Crippen LogP contribution in [0.3, 0.4) is 0 Å². The van der Waals surface area contributed by atoms with Crippen LogP contribution in [0.2, 0.25) is 0 Å². The van der Waals surface area contributed by atoms with Gasteiger partial charge in [0.15, 0.2) is 0 Å². The smallest absolute Gasteiger partial charge is 0.252 e. The number of aromatic nitrogens is 1. The molecule has 5 heteroatoms. The van der Waals surface area contributed by atoms with Crippen LogP contribution in [0, 0.1) is 5.92 Å². The number of pyridine rings is 1. The Morgan fingerprint density at radius 1 is 1.21 bits per heavy atom. The molecule has 1 aromatic carbocycles. The van der Waals surface area contributed by atoms with Gasteiger partial charge >= 0.3 is 0 Å². The molecule has 0 fully saturated rings. The van der Waals surface area contributed by atoms with Crippen LogP contribution < -0.4 is 15.4 Å². The van der Waals surface area contributed by atoms with Gasteiger partial charge in [-0.2, -0.15) is 0 Å². The van der Waals surface area contributed by atoms with Crippen molar-refractivity contribution in [1.29, 1.82) is 0 Å². The van der Waals surface area contributed by atoms with Crippen LogP contribution in [0.15, 0.2) is 42.6 Å². The van der Waals surface area contributed by atoms with Crippen molar-refractivity contribution in [2.24, 2.45) is 5.92 Å². The van der Waals surface area contributed by atoms with Gasteiger partial charge in [0.25, 0.3) is 5.91 Å². The highest BCUT2D eigenvalue weighted by atomic mass is 16.5. The number of nitrogens with one attached hydrogen (secondary N) is 2. The quantitative estimate of drug-likeness (QED) is 0.782. The van der Waals surface area contributed by atoms with Crippen LogP contribution in [0.5, 0.6) is 5.75 Å². The van der Waals surface area contributed by atoms with Gasteiger partial charge in [0.05, 0.1) is 12.7 Å². The first-order valence-corrected chi connectivity index (χ1v) is 8.20. The summed E-state index contributed by atoms with van der Waals surface area (Å²) in [6.45, 7) is 5.53. The Labute approximate surface area is 143 Å². The highest BCUT2D eigenvalue weighted by Crippen LogP contribution is 2.17. The molecule has 0 atom stereocenters. The molecule has 0 radical (unpaired) electrons. The highest BCUT2D eigenvalue weighted by Gasteiger charge is 2.07. The molecule has 2 rings (SSSR count). The van der Waals surface area contributed by atoms with Crippen molar-refractivity contribution < 1.29 is 9.53 Å². The minimum atomic E-state index is -0.0863. The summed E-state index contributed by atoms with van der Waals surface area (Å²) >= 11 is 0. The summed E-state index contributed by atoms with van der Waals surface area (Å²) in [5.74, 6) is 1.99. The second-order valence-corrected chi connectivity index (χ2v) is 6.02. The van der Waals surface area contributed by atoms with Crippen molar-refractivity contribution in [2.45, 2.75) is 20.3 Å². The molecule has 1 heterocycles. The summed E-state index contributed by atoms with van der Waals surface area (Å²) in [7, 11) is 1.68. The number of anilines is 1. The fraction of sp³-hybridized carbons (Fsp3) is 0.368. The third kappa shape index (κ3) is 5.26. The van der Waals surface area contributed by atoms with Crippen LogP contribution in [-0.4, -0.2) is 31.1 Å². The van der Waals surface area contributed by atoms with Gasteiger partial charge in [-0.25, -0.2) is 4.98 Å². The molecule has 5 nitrogen and oxygen atoms in total. The van der Waals surface area contributed by atoms with Crippen molar-refractivity contribution in [1.82, 2.24) is 10.3 Å². The minimum absolute atomic E-state index is 0.0863. The van der Waals surface area contributed by atoms with E-state index in [9.17, 15) is 4.79 Å². The van der Waals surface area contributed by atoms with Gasteiger partial charge in [-0.15, -0.1) is 0 Å². The summed E-state index contributed by atoms with van der Waals surface area (Å²) in [4.78, 5) is 16.2. The Morgan fingerprint density at radius 3 is 2.67 bits per heavy atom. The van der Waals surface area contributed by atoms with Gasteiger partial charge in [0.2, 0.25) is 0 Å². The maximum Gasteiger partial charge on any atom is 0.252 e. The number of methoxy groups -OCH3 is 1. The van der Waals surface area contributed by atoms with Crippen LogP contribution in [-0.2, 0) is 6.42 Å². The van der Waals surface area contributed by atoms with Gasteiger partial charge in [-0.1, -0.05) is 32.0 Å². The maximum absolute atomic E-state index is 11.9. The molecule has 0 aliphatic carbocycles. The second-order valence-electron chi connectivity index (χ2n) is 6.02. The molecule has 0 saturated heterocycles. The average Bonchev–Trinajstić information content (AvgIpc) is 2.60. The van der Waals surface area contributed by atoms with Crippen molar-refractivity contribution >= 4 is 11.7 Å². The molecule has 0 spiro atoms. The van der Waals surface area contributed by atoms with Crippen molar-refractivity contribution in [3.05, 3.63) is 53.7 Å². The van der Waals surface area contributed by atoms with Gasteiger partial charge in [0, 0.05) is 19.3 Å². The number of nitrogens with zero attached hydrogens (tertiary/aromatic N) is 1. The molecule has 0 saturated carbocycles. The summed E-state index contributed by atoms with van der Waals surface area (Å²) in [6.07, 6.45) is 2.43. The molecular formula is C19H25N3O2. The normalized spacial score (nSPS) is 10.5. The number of para-hydroxylation sites is 1. The minimum Gasteiger partial charge on any atom is -0.496 e. The zero-order valence-electron chi connectivity index (χ0n) is 14.5. The lowest BCUT2D eigenvalue weighted by molar-refractivity contribution is 0.0948. The second kappa shape index (κ2) is 8.91. The lowest BCUT2D eigenvalue weighted by atomic mass is 10.1. The zero-order valence-corrected chi connectivity index (χ0v) is 14.5. The lowest BCUT2D eigenvalue weighted by Gasteiger charge is -2.10. The number of carbonyl (C=O) groups excluding carboxylic acids is 1. The van der Waals surface area contributed by atoms with E-state index in [1.54, 1.807) is 19.4 Å². The molecule has 0 unspecified atom stereocenters. The molecule has 0 bridgehead atoms. The number of amides is 1. The lowest BCUT2D eigenvalue weighted by Crippen LogP contribution is -2.27. The molecular weight excluding hydrogens is 302 g/mol. The van der Waals surface area contributed by atoms with E-state index in [1.165, 1.54) is 0 Å². The Kier molecular flexibility index (Phi) is 6.61. The maximum atomic E-state index is 11.9. The number of ether oxygens (including phenoxy) is 1. The van der Waals surface area contributed by atoms with Gasteiger partial charge < -0.3 is 15.4 Å². The van der Waals surface area contributed by atoms with Gasteiger partial charge in [-0.05, 0) is 36.1 Å². The zero-order chi connectivity index (χ0) is 17.4. The fourth-order valence-electron chi connectivity index (χ4n) is 2.27. The average molecular weight is 327 g/mol. The molecule has 24 heavy (non-hydrogen) atoms. The van der Waals surface area contributed by atoms with Gasteiger partial charge in [-0.3, -0.25) is 4.79 Å². The Morgan fingerprint density at radius 2 is 2.00 bits per heavy atom. The molecule has 0 aliphatic heterocycles. The monoisotopic (exact) mass is 327 g/mol. The Balaban J connectivity index is 1.84. The fourth-order valence-corrected chi connectivity index (χ4v) is 2.27. The van der Waals surface area contributed by atoms with Crippen molar-refractivity contribution in [3.8, 4) is 5.75 Å². The highest BCUT2D eigenvalue weighted by molar-refractivity contribution is 5.94. The standard InChI is InChI=1S/C19H25N3O2/c1-14(2)12-22-19(23)16-8-9-18(21-13-16)20-11-10-15-6-4-5-7-17(15)24-3/h4-9,13-14H,10-12H2,1-3H3,(H,20,21)(H,22,23). The first-order chi connectivity index (χ1) is 11.6. The van der Waals surface area contributed by atoms with E-state index in [4.69, 9.17) is 4.74 Å². The van der Waals surface area contributed by atoms with E-state index in [0.717, 1.165) is 30.1 Å². The molecule has 2 aromatic rings. The predicted octanol–water partition coefficient (Wildman–Crippen LogP) is 3.13. The summed E-state index contributed by atoms with van der Waals surface area (Å²) < 4.78 is 5.34. The summed E-state index contributed by atoms with van der Waals surface area (Å²) in [5, 5.41) is 6.14. The summed E-state index contributed by atoms with van der Waals surface area (Å²) in [6, 6.07) is 11.6. The first-order valence-electron chi connectivity index (χ1n) is 8.20.